The van der Waals surface area contributed by atoms with Crippen LogP contribution in [0.5, 0.6) is 5.75 Å². The van der Waals surface area contributed by atoms with Crippen molar-refractivity contribution in [3.05, 3.63) is 70.5 Å². The second-order valence-electron chi connectivity index (χ2n) is 15.1. The van der Waals surface area contributed by atoms with Crippen LogP contribution in [0.15, 0.2) is 42.6 Å². The normalized spacial score (nSPS) is 20.9. The second-order valence-corrected chi connectivity index (χ2v) is 16.9. The Morgan fingerprint density at radius 3 is 2.50 bits per heavy atom. The zero-order chi connectivity index (χ0) is 36.3. The summed E-state index contributed by atoms with van der Waals surface area (Å²) >= 11 is 0. The fraction of sp³-hybridized carbons (Fsp3) is 0.488. The third-order valence-corrected chi connectivity index (χ3v) is 13.1. The molecule has 52 heavy (non-hydrogen) atoms. The van der Waals surface area contributed by atoms with E-state index in [0.717, 1.165) is 83.6 Å². The van der Waals surface area contributed by atoms with E-state index in [1.165, 1.54) is 24.8 Å². The number of nitrogens with one attached hydrogen (secondary N) is 1. The number of methoxy groups -OCH3 is 1. The van der Waals surface area contributed by atoms with Gasteiger partial charge in [0.15, 0.2) is 0 Å². The van der Waals surface area contributed by atoms with Crippen LogP contribution in [0.4, 0.5) is 0 Å². The van der Waals surface area contributed by atoms with E-state index in [4.69, 9.17) is 9.84 Å². The number of hydrogen-bond acceptors (Lipinski definition) is 6. The number of piperazine rings is 1. The number of nitrogens with zero attached hydrogens (tertiary/aromatic N) is 5. The van der Waals surface area contributed by atoms with Crippen LogP contribution in [0.25, 0.3) is 33.8 Å². The minimum absolute atomic E-state index is 0.0477. The predicted molar refractivity (Wildman–Crippen MR) is 207 cm³/mol. The Labute approximate surface area is 308 Å². The molecule has 4 aliphatic rings. The topological polar surface area (TPSA) is 102 Å². The van der Waals surface area contributed by atoms with Gasteiger partial charge in [0.1, 0.15) is 16.7 Å². The number of carbonyl (C=O) groups excluding carboxylic acids is 2. The molecule has 274 valence electrons. The molecule has 0 radical (unpaired) electrons. The van der Waals surface area contributed by atoms with E-state index in [1.807, 2.05) is 36.7 Å². The average molecular weight is 723 g/mol. The van der Waals surface area contributed by atoms with Gasteiger partial charge in [-0.15, -0.1) is 0 Å². The molecule has 1 unspecified atom stereocenters. The monoisotopic (exact) mass is 722 g/mol. The lowest BCUT2D eigenvalue weighted by Crippen LogP contribution is -2.48. The Morgan fingerprint density at radius 2 is 1.81 bits per heavy atom. The first-order chi connectivity index (χ1) is 25.2. The van der Waals surface area contributed by atoms with Crippen LogP contribution in [-0.2, 0) is 24.1 Å². The van der Waals surface area contributed by atoms with Gasteiger partial charge in [0.25, 0.3) is 11.8 Å². The fourth-order valence-electron chi connectivity index (χ4n) is 9.26. The van der Waals surface area contributed by atoms with Crippen molar-refractivity contribution in [3.63, 3.8) is 0 Å². The number of aryl methyl sites for hydroxylation is 1. The molecule has 4 aromatic rings. The van der Waals surface area contributed by atoms with Crippen molar-refractivity contribution in [2.24, 2.45) is 0 Å². The number of amides is 2. The molecule has 2 aromatic carbocycles. The van der Waals surface area contributed by atoms with Gasteiger partial charge < -0.3 is 14.2 Å². The summed E-state index contributed by atoms with van der Waals surface area (Å²) < 4.78 is 25.5. The number of fused-ring (bicyclic) bond motifs is 7. The van der Waals surface area contributed by atoms with Gasteiger partial charge in [-0.3, -0.25) is 23.9 Å². The van der Waals surface area contributed by atoms with Gasteiger partial charge in [-0.25, -0.2) is 4.21 Å². The minimum Gasteiger partial charge on any atom is -0.497 e. The van der Waals surface area contributed by atoms with Gasteiger partial charge in [0.2, 0.25) is 0 Å². The first-order valence-corrected chi connectivity index (χ1v) is 20.3. The smallest absolute Gasteiger partial charge is 0.263 e. The van der Waals surface area contributed by atoms with Gasteiger partial charge in [0, 0.05) is 59.0 Å². The first-order valence-electron chi connectivity index (χ1n) is 19.1. The maximum absolute atomic E-state index is 14.5. The van der Waals surface area contributed by atoms with E-state index in [9.17, 15) is 13.8 Å². The van der Waals surface area contributed by atoms with Gasteiger partial charge in [0.05, 0.1) is 36.8 Å². The lowest BCUT2D eigenvalue weighted by Gasteiger charge is -2.33. The Hall–Kier alpha value is -4.22. The summed E-state index contributed by atoms with van der Waals surface area (Å²) in [5.74, 6) is 0.844. The number of carbonyl (C=O) groups is 2. The van der Waals surface area contributed by atoms with Crippen LogP contribution in [-0.4, -0.2) is 84.2 Å². The number of aromatic nitrogens is 3. The van der Waals surface area contributed by atoms with Crippen molar-refractivity contribution in [3.8, 4) is 17.0 Å². The molecule has 2 amide bonds. The number of benzene rings is 2. The van der Waals surface area contributed by atoms with Gasteiger partial charge in [-0.2, -0.15) is 5.10 Å². The van der Waals surface area contributed by atoms with Crippen molar-refractivity contribution in [2.45, 2.75) is 103 Å². The summed E-state index contributed by atoms with van der Waals surface area (Å²) in [6.07, 6.45) is 10.9. The predicted octanol–water partition coefficient (Wildman–Crippen LogP) is 6.86. The molecule has 3 atom stereocenters. The van der Waals surface area contributed by atoms with Crippen molar-refractivity contribution >= 4 is 45.4 Å². The van der Waals surface area contributed by atoms with Gasteiger partial charge in [-0.1, -0.05) is 32.3 Å². The Bertz CT molecular complexity index is 2110. The third-order valence-electron chi connectivity index (χ3n) is 11.9. The molecule has 1 N–H and O–H groups in total. The largest absolute Gasteiger partial charge is 0.497 e. The molecule has 11 heteroatoms. The van der Waals surface area contributed by atoms with E-state index < -0.39 is 11.0 Å². The minimum atomic E-state index is -1.49. The molecule has 10 nitrogen and oxygen atoms in total. The molecular weight excluding hydrogens is 673 g/mol. The highest BCUT2D eigenvalue weighted by molar-refractivity contribution is 7.84. The molecule has 2 bridgehead atoms. The molecule has 5 heterocycles. The number of rotatable bonds is 9. The third kappa shape index (κ3) is 5.90. The zero-order valence-electron chi connectivity index (χ0n) is 31.0. The second kappa shape index (κ2) is 14.0. The SMILES string of the molecule is CCN1C[C@@H]2C[C@H]1CN2C(=O)c1cnn(CC)c1C1=Cc2cc(OC)ccc2-c2c(C3CCCCC3)c3ccc(C(=O)NS(=O)C(C)C)cc3n2C1. The highest BCUT2D eigenvalue weighted by atomic mass is 32.2. The summed E-state index contributed by atoms with van der Waals surface area (Å²) in [5.41, 5.74) is 8.50. The molecule has 1 saturated carbocycles. The Morgan fingerprint density at radius 1 is 1.00 bits per heavy atom. The van der Waals surface area contributed by atoms with Crippen LogP contribution in [0.1, 0.15) is 110 Å². The van der Waals surface area contributed by atoms with Crippen LogP contribution in [0.3, 0.4) is 0 Å². The highest BCUT2D eigenvalue weighted by Gasteiger charge is 2.45. The van der Waals surface area contributed by atoms with Crippen LogP contribution in [0, 0.1) is 0 Å². The number of likely N-dealkylation sites (N-methyl/N-ethyl adjacent to an activating group) is 1. The van der Waals surface area contributed by atoms with E-state index in [1.54, 1.807) is 13.3 Å². The highest BCUT2D eigenvalue weighted by Crippen LogP contribution is 2.48. The molecule has 3 fully saturated rings. The van der Waals surface area contributed by atoms with Crippen LogP contribution < -0.4 is 9.46 Å². The van der Waals surface area contributed by atoms with E-state index in [0.29, 0.717) is 36.2 Å². The summed E-state index contributed by atoms with van der Waals surface area (Å²) in [6, 6.07) is 12.8. The summed E-state index contributed by atoms with van der Waals surface area (Å²) in [4.78, 5) is 32.6. The maximum atomic E-state index is 14.5. The lowest BCUT2D eigenvalue weighted by molar-refractivity contribution is 0.0630. The zero-order valence-corrected chi connectivity index (χ0v) is 31.8. The summed E-state index contributed by atoms with van der Waals surface area (Å²) in [7, 11) is 0.203. The van der Waals surface area contributed by atoms with Gasteiger partial charge in [-0.05, 0) is 106 Å². The maximum Gasteiger partial charge on any atom is 0.263 e. The van der Waals surface area contributed by atoms with Gasteiger partial charge >= 0.3 is 0 Å². The number of ether oxygens (including phenoxy) is 1. The van der Waals surface area contributed by atoms with E-state index in [-0.39, 0.29) is 23.1 Å². The standard InChI is InChI=1S/C41H50N6O4S/c1-6-44-23-31-20-30(44)24-45(31)41(49)35-21-42-47(7-2)38(35)29-17-28-18-32(51-5)14-16-33(28)39-37(26-11-9-8-10-12-26)34-15-13-27(19-36(34)46(39)22-29)40(48)43-52(50)25(3)4/h13-19,21,25-26,30-31H,6-12,20,22-24H2,1-5H3,(H,43,48)/t30-,31-,52?/m0/s1. The quantitative estimate of drug-likeness (QED) is 0.203. The van der Waals surface area contributed by atoms with Crippen molar-refractivity contribution in [1.29, 1.82) is 0 Å². The molecule has 3 aliphatic heterocycles. The van der Waals surface area contributed by atoms with Crippen LogP contribution >= 0.6 is 0 Å². The van der Waals surface area contributed by atoms with E-state index >= 15 is 0 Å². The number of allylic oxidation sites excluding steroid dienone is 1. The lowest BCUT2D eigenvalue weighted by atomic mass is 9.81. The Kier molecular flexibility index (Phi) is 9.36. The molecular formula is C41H50N6O4S. The molecule has 2 aromatic heterocycles. The summed E-state index contributed by atoms with van der Waals surface area (Å²) in [6.45, 7) is 11.7. The van der Waals surface area contributed by atoms with Crippen molar-refractivity contribution in [1.82, 2.24) is 28.9 Å². The summed E-state index contributed by atoms with van der Waals surface area (Å²) in [5, 5.41) is 5.74. The molecule has 2 saturated heterocycles. The molecule has 8 rings (SSSR count). The average Bonchev–Trinajstić information content (AvgIpc) is 3.94. The molecule has 1 aliphatic carbocycles. The van der Waals surface area contributed by atoms with Crippen molar-refractivity contribution < 1.29 is 18.5 Å². The number of hydrogen-bond donors (Lipinski definition) is 1. The number of likely N-dealkylation sites (tertiary alicyclic amines) is 2. The fourth-order valence-corrected chi connectivity index (χ4v) is 9.79. The Balaban J connectivity index is 1.31. The first kappa shape index (κ1) is 34.8. The van der Waals surface area contributed by atoms with E-state index in [2.05, 4.69) is 57.2 Å². The molecule has 0 spiro atoms. The van der Waals surface area contributed by atoms with Crippen LogP contribution in [0.2, 0.25) is 0 Å². The van der Waals surface area contributed by atoms with Crippen molar-refractivity contribution in [2.75, 3.05) is 26.7 Å².